The lowest BCUT2D eigenvalue weighted by Gasteiger charge is -2.21. The number of nitrogens with zero attached hydrogens (tertiary/aromatic N) is 2. The van der Waals surface area contributed by atoms with E-state index in [4.69, 9.17) is 9.84 Å². The van der Waals surface area contributed by atoms with Crippen LogP contribution in [0.1, 0.15) is 35.3 Å². The van der Waals surface area contributed by atoms with Gasteiger partial charge in [0.25, 0.3) is 5.91 Å². The number of nitrogens with one attached hydrogen (secondary N) is 1. The molecule has 0 spiro atoms. The number of carbonyl (C=O) groups is 2. The van der Waals surface area contributed by atoms with Gasteiger partial charge in [-0.15, -0.1) is 0 Å². The second-order valence-corrected chi connectivity index (χ2v) is 5.76. The van der Waals surface area contributed by atoms with Crippen molar-refractivity contribution in [1.82, 2.24) is 9.78 Å². The molecule has 0 saturated carbocycles. The standard InChI is InChI=1S/C17H19N3O4/c1-11-14(17(22)23)10-18-20(11)13-6-4-5-12(9-13)19-16(21)15-7-2-3-8-24-15/h4-6,9-10,15H,2-3,7-8H2,1H3,(H,19,21)(H,22,23). The van der Waals surface area contributed by atoms with Crippen molar-refractivity contribution in [2.75, 3.05) is 11.9 Å². The van der Waals surface area contributed by atoms with Crippen molar-refractivity contribution in [2.24, 2.45) is 0 Å². The Morgan fingerprint density at radius 3 is 2.88 bits per heavy atom. The van der Waals surface area contributed by atoms with E-state index in [-0.39, 0.29) is 11.5 Å². The molecule has 1 aliphatic rings. The predicted molar refractivity (Wildman–Crippen MR) is 87.5 cm³/mol. The maximum absolute atomic E-state index is 12.2. The SMILES string of the molecule is Cc1c(C(=O)O)cnn1-c1cccc(NC(=O)C2CCCCO2)c1. The van der Waals surface area contributed by atoms with Gasteiger partial charge in [0.05, 0.1) is 17.6 Å². The molecular weight excluding hydrogens is 310 g/mol. The number of carboxylic acid groups (broad SMARTS) is 1. The third kappa shape index (κ3) is 3.30. The lowest BCUT2D eigenvalue weighted by atomic mass is 10.1. The minimum Gasteiger partial charge on any atom is -0.478 e. The van der Waals surface area contributed by atoms with Gasteiger partial charge in [-0.3, -0.25) is 4.79 Å². The number of carboxylic acids is 1. The van der Waals surface area contributed by atoms with Crippen molar-refractivity contribution in [3.8, 4) is 5.69 Å². The van der Waals surface area contributed by atoms with Crippen LogP contribution in [-0.4, -0.2) is 39.5 Å². The first-order chi connectivity index (χ1) is 11.6. The van der Waals surface area contributed by atoms with E-state index in [1.807, 2.05) is 0 Å². The van der Waals surface area contributed by atoms with Gasteiger partial charge in [0, 0.05) is 12.3 Å². The van der Waals surface area contributed by atoms with E-state index in [1.54, 1.807) is 31.2 Å². The Labute approximate surface area is 139 Å². The van der Waals surface area contributed by atoms with Crippen molar-refractivity contribution in [3.05, 3.63) is 41.7 Å². The highest BCUT2D eigenvalue weighted by molar-refractivity contribution is 5.94. The Bertz CT molecular complexity index is 763. The summed E-state index contributed by atoms with van der Waals surface area (Å²) in [5, 5.41) is 16.1. The topological polar surface area (TPSA) is 93.5 Å². The van der Waals surface area contributed by atoms with Gasteiger partial charge < -0.3 is 15.2 Å². The number of hydrogen-bond donors (Lipinski definition) is 2. The average molecular weight is 329 g/mol. The zero-order valence-corrected chi connectivity index (χ0v) is 13.4. The second kappa shape index (κ2) is 6.84. The molecule has 1 aromatic heterocycles. The van der Waals surface area contributed by atoms with Crippen molar-refractivity contribution < 1.29 is 19.4 Å². The van der Waals surface area contributed by atoms with Gasteiger partial charge in [0.2, 0.25) is 0 Å². The molecule has 24 heavy (non-hydrogen) atoms. The molecule has 3 rings (SSSR count). The number of amides is 1. The highest BCUT2D eigenvalue weighted by atomic mass is 16.5. The summed E-state index contributed by atoms with van der Waals surface area (Å²) < 4.78 is 7.02. The largest absolute Gasteiger partial charge is 0.478 e. The van der Waals surface area contributed by atoms with Crippen LogP contribution in [-0.2, 0) is 9.53 Å². The average Bonchev–Trinajstić information content (AvgIpc) is 2.97. The Balaban J connectivity index is 1.79. The van der Waals surface area contributed by atoms with Gasteiger partial charge in [-0.05, 0) is 44.4 Å². The Morgan fingerprint density at radius 1 is 1.38 bits per heavy atom. The molecule has 1 fully saturated rings. The Kier molecular flexibility index (Phi) is 4.61. The highest BCUT2D eigenvalue weighted by Crippen LogP contribution is 2.20. The van der Waals surface area contributed by atoms with Gasteiger partial charge in [0.1, 0.15) is 11.7 Å². The zero-order valence-electron chi connectivity index (χ0n) is 13.4. The number of benzene rings is 1. The minimum absolute atomic E-state index is 0.153. The molecule has 1 amide bonds. The van der Waals surface area contributed by atoms with Crippen molar-refractivity contribution >= 4 is 17.6 Å². The molecular formula is C17H19N3O4. The van der Waals surface area contributed by atoms with Gasteiger partial charge in [0.15, 0.2) is 0 Å². The first-order valence-corrected chi connectivity index (χ1v) is 7.87. The molecule has 0 radical (unpaired) electrons. The molecule has 2 aromatic rings. The van der Waals surface area contributed by atoms with E-state index >= 15 is 0 Å². The van der Waals surface area contributed by atoms with Crippen LogP contribution in [0.2, 0.25) is 0 Å². The van der Waals surface area contributed by atoms with Crippen LogP contribution in [0.3, 0.4) is 0 Å². The van der Waals surface area contributed by atoms with Gasteiger partial charge in [-0.2, -0.15) is 5.10 Å². The van der Waals surface area contributed by atoms with Crippen molar-refractivity contribution in [1.29, 1.82) is 0 Å². The normalized spacial score (nSPS) is 17.5. The van der Waals surface area contributed by atoms with Crippen LogP contribution >= 0.6 is 0 Å². The molecule has 7 heteroatoms. The molecule has 126 valence electrons. The molecule has 1 saturated heterocycles. The van der Waals surface area contributed by atoms with Crippen LogP contribution < -0.4 is 5.32 Å². The molecule has 2 heterocycles. The van der Waals surface area contributed by atoms with Crippen LogP contribution in [0.4, 0.5) is 5.69 Å². The number of carbonyl (C=O) groups excluding carboxylic acids is 1. The van der Waals surface area contributed by atoms with Crippen LogP contribution in [0, 0.1) is 6.92 Å². The molecule has 1 aliphatic heterocycles. The maximum Gasteiger partial charge on any atom is 0.339 e. The maximum atomic E-state index is 12.2. The number of rotatable bonds is 4. The summed E-state index contributed by atoms with van der Waals surface area (Å²) in [6.07, 6.45) is 3.61. The van der Waals surface area contributed by atoms with Crippen LogP contribution in [0.15, 0.2) is 30.5 Å². The number of aromatic carboxylic acids is 1. The zero-order chi connectivity index (χ0) is 17.1. The fourth-order valence-electron chi connectivity index (χ4n) is 2.77. The van der Waals surface area contributed by atoms with Gasteiger partial charge in [-0.1, -0.05) is 6.07 Å². The summed E-state index contributed by atoms with van der Waals surface area (Å²) in [5.41, 5.74) is 1.99. The molecule has 0 bridgehead atoms. The number of anilines is 1. The molecule has 1 unspecified atom stereocenters. The summed E-state index contributed by atoms with van der Waals surface area (Å²) in [5.74, 6) is -1.17. The van der Waals surface area contributed by atoms with E-state index < -0.39 is 12.1 Å². The summed E-state index contributed by atoms with van der Waals surface area (Å²) in [6.45, 7) is 2.31. The number of hydrogen-bond acceptors (Lipinski definition) is 4. The van der Waals surface area contributed by atoms with E-state index in [1.165, 1.54) is 10.9 Å². The summed E-state index contributed by atoms with van der Waals surface area (Å²) in [7, 11) is 0. The van der Waals surface area contributed by atoms with E-state index in [0.29, 0.717) is 23.7 Å². The lowest BCUT2D eigenvalue weighted by Crippen LogP contribution is -2.33. The lowest BCUT2D eigenvalue weighted by molar-refractivity contribution is -0.129. The molecule has 0 aliphatic carbocycles. The van der Waals surface area contributed by atoms with E-state index in [0.717, 1.165) is 19.3 Å². The summed E-state index contributed by atoms with van der Waals surface area (Å²) in [6, 6.07) is 7.13. The fraction of sp³-hybridized carbons (Fsp3) is 0.353. The van der Waals surface area contributed by atoms with Crippen molar-refractivity contribution in [2.45, 2.75) is 32.3 Å². The quantitative estimate of drug-likeness (QED) is 0.898. The Hall–Kier alpha value is -2.67. The van der Waals surface area contributed by atoms with E-state index in [2.05, 4.69) is 10.4 Å². The van der Waals surface area contributed by atoms with Gasteiger partial charge >= 0.3 is 5.97 Å². The number of ether oxygens (including phenoxy) is 1. The fourth-order valence-corrected chi connectivity index (χ4v) is 2.77. The predicted octanol–water partition coefficient (Wildman–Crippen LogP) is 2.39. The smallest absolute Gasteiger partial charge is 0.339 e. The summed E-state index contributed by atoms with van der Waals surface area (Å²) >= 11 is 0. The molecule has 1 atom stereocenters. The molecule has 7 nitrogen and oxygen atoms in total. The van der Waals surface area contributed by atoms with Crippen LogP contribution in [0.5, 0.6) is 0 Å². The first kappa shape index (κ1) is 16.2. The third-order valence-corrected chi connectivity index (χ3v) is 4.07. The third-order valence-electron chi connectivity index (χ3n) is 4.07. The second-order valence-electron chi connectivity index (χ2n) is 5.76. The molecule has 1 aromatic carbocycles. The monoisotopic (exact) mass is 329 g/mol. The van der Waals surface area contributed by atoms with Crippen LogP contribution in [0.25, 0.3) is 5.69 Å². The first-order valence-electron chi connectivity index (χ1n) is 7.87. The summed E-state index contributed by atoms with van der Waals surface area (Å²) in [4.78, 5) is 23.4. The number of aromatic nitrogens is 2. The van der Waals surface area contributed by atoms with E-state index in [9.17, 15) is 9.59 Å². The van der Waals surface area contributed by atoms with Gasteiger partial charge in [-0.25, -0.2) is 9.48 Å². The molecule has 2 N–H and O–H groups in total. The highest BCUT2D eigenvalue weighted by Gasteiger charge is 2.22. The minimum atomic E-state index is -1.02. The van der Waals surface area contributed by atoms with Crippen molar-refractivity contribution in [3.63, 3.8) is 0 Å². The Morgan fingerprint density at radius 2 is 2.21 bits per heavy atom.